The summed E-state index contributed by atoms with van der Waals surface area (Å²) in [5, 5.41) is 3.15. The Balaban J connectivity index is 2.46. The molecule has 1 aromatic carbocycles. The summed E-state index contributed by atoms with van der Waals surface area (Å²) in [4.78, 5) is 0.0868. The number of anilines is 2. The van der Waals surface area contributed by atoms with E-state index in [-0.39, 0.29) is 10.6 Å². The number of benzene rings is 1. The highest BCUT2D eigenvalue weighted by molar-refractivity contribution is 7.89. The first-order chi connectivity index (χ1) is 9.86. The van der Waals surface area contributed by atoms with E-state index >= 15 is 0 Å². The predicted molar refractivity (Wildman–Crippen MR) is 85.9 cm³/mol. The highest BCUT2D eigenvalue weighted by atomic mass is 32.2. The molecule has 1 rings (SSSR count). The van der Waals surface area contributed by atoms with E-state index < -0.39 is 10.0 Å². The molecule has 0 atom stereocenters. The molecule has 0 unspecified atom stereocenters. The lowest BCUT2D eigenvalue weighted by Gasteiger charge is -2.11. The van der Waals surface area contributed by atoms with Crippen LogP contribution in [-0.4, -0.2) is 35.2 Å². The smallest absolute Gasteiger partial charge is 0.242 e. The zero-order valence-corrected chi connectivity index (χ0v) is 13.7. The number of rotatable bonds is 9. The van der Waals surface area contributed by atoms with E-state index in [2.05, 4.69) is 23.9 Å². The first-order valence-corrected chi connectivity index (χ1v) is 8.50. The van der Waals surface area contributed by atoms with Crippen molar-refractivity contribution in [2.45, 2.75) is 25.2 Å². The van der Waals surface area contributed by atoms with Crippen LogP contribution in [0.15, 0.2) is 23.1 Å². The lowest BCUT2D eigenvalue weighted by molar-refractivity contribution is 0.132. The Kier molecular flexibility index (Phi) is 6.94. The molecular weight excluding hydrogens is 290 g/mol. The van der Waals surface area contributed by atoms with Gasteiger partial charge in [0.15, 0.2) is 0 Å². The number of hydrogen-bond donors (Lipinski definition) is 3. The Hall–Kier alpha value is -1.31. The van der Waals surface area contributed by atoms with Gasteiger partial charge in [0.2, 0.25) is 10.0 Å². The molecule has 0 fully saturated rings. The number of sulfonamides is 1. The molecule has 0 aromatic heterocycles. The van der Waals surface area contributed by atoms with Crippen molar-refractivity contribution >= 4 is 21.4 Å². The van der Waals surface area contributed by atoms with E-state index in [0.717, 1.165) is 18.7 Å². The molecule has 0 aliphatic carbocycles. The number of hydrogen-bond acceptors (Lipinski definition) is 5. The van der Waals surface area contributed by atoms with Gasteiger partial charge in [0.1, 0.15) is 4.90 Å². The second-order valence-corrected chi connectivity index (χ2v) is 7.04. The van der Waals surface area contributed by atoms with Crippen LogP contribution < -0.4 is 15.8 Å². The maximum absolute atomic E-state index is 11.7. The third-order valence-electron chi connectivity index (χ3n) is 2.98. The van der Waals surface area contributed by atoms with Crippen LogP contribution in [0.3, 0.4) is 0 Å². The lowest BCUT2D eigenvalue weighted by atomic mass is 10.1. The van der Waals surface area contributed by atoms with Gasteiger partial charge in [-0.15, -0.1) is 0 Å². The second-order valence-electron chi connectivity index (χ2n) is 5.18. The topological polar surface area (TPSA) is 93.5 Å². The summed E-state index contributed by atoms with van der Waals surface area (Å²) in [6.45, 7) is 6.32. The molecule has 4 N–H and O–H groups in total. The summed E-state index contributed by atoms with van der Waals surface area (Å²) in [5.41, 5.74) is 6.77. The molecule has 0 aliphatic rings. The number of ether oxygens (including phenoxy) is 1. The highest BCUT2D eigenvalue weighted by Crippen LogP contribution is 2.21. The van der Waals surface area contributed by atoms with E-state index in [1.54, 1.807) is 12.1 Å². The predicted octanol–water partition coefficient (Wildman–Crippen LogP) is 1.65. The third kappa shape index (κ3) is 5.91. The molecule has 0 saturated carbocycles. The molecule has 21 heavy (non-hydrogen) atoms. The molecule has 7 heteroatoms. The van der Waals surface area contributed by atoms with Gasteiger partial charge >= 0.3 is 0 Å². The minimum absolute atomic E-state index is 0.0868. The Labute approximate surface area is 127 Å². The van der Waals surface area contributed by atoms with E-state index in [0.29, 0.717) is 19.1 Å². The van der Waals surface area contributed by atoms with Crippen molar-refractivity contribution in [3.8, 4) is 0 Å². The quantitative estimate of drug-likeness (QED) is 0.476. The van der Waals surface area contributed by atoms with Crippen LogP contribution >= 0.6 is 0 Å². The van der Waals surface area contributed by atoms with Crippen molar-refractivity contribution in [3.05, 3.63) is 18.2 Å². The summed E-state index contributed by atoms with van der Waals surface area (Å²) in [6.07, 6.45) is 1.05. The largest absolute Gasteiger partial charge is 0.398 e. The summed E-state index contributed by atoms with van der Waals surface area (Å²) in [7, 11) is -2.16. The Bertz CT molecular complexity index is 544. The van der Waals surface area contributed by atoms with Gasteiger partial charge in [-0.2, -0.15) is 0 Å². The Morgan fingerprint density at radius 2 is 2.00 bits per heavy atom. The highest BCUT2D eigenvalue weighted by Gasteiger charge is 2.14. The van der Waals surface area contributed by atoms with E-state index in [9.17, 15) is 8.42 Å². The SMILES string of the molecule is CNS(=O)(=O)c1ccc(NCCOCCC(C)C)cc1N. The maximum Gasteiger partial charge on any atom is 0.242 e. The van der Waals surface area contributed by atoms with Crippen LogP contribution in [0, 0.1) is 5.92 Å². The number of nitrogens with one attached hydrogen (secondary N) is 2. The van der Waals surface area contributed by atoms with Crippen LogP contribution in [0.4, 0.5) is 11.4 Å². The molecule has 0 bridgehead atoms. The van der Waals surface area contributed by atoms with E-state index in [1.807, 2.05) is 0 Å². The zero-order valence-electron chi connectivity index (χ0n) is 12.8. The van der Waals surface area contributed by atoms with Crippen molar-refractivity contribution < 1.29 is 13.2 Å². The second kappa shape index (κ2) is 8.21. The van der Waals surface area contributed by atoms with Crippen LogP contribution in [0.1, 0.15) is 20.3 Å². The average Bonchev–Trinajstić information content (AvgIpc) is 2.42. The van der Waals surface area contributed by atoms with Crippen LogP contribution in [0.25, 0.3) is 0 Å². The van der Waals surface area contributed by atoms with Gasteiger partial charge in [-0.1, -0.05) is 13.8 Å². The molecule has 0 spiro atoms. The zero-order chi connectivity index (χ0) is 15.9. The molecule has 0 radical (unpaired) electrons. The molecule has 0 heterocycles. The van der Waals surface area contributed by atoms with Gasteiger partial charge in [0.05, 0.1) is 12.3 Å². The van der Waals surface area contributed by atoms with Gasteiger partial charge in [-0.3, -0.25) is 0 Å². The van der Waals surface area contributed by atoms with Gasteiger partial charge in [0.25, 0.3) is 0 Å². The number of nitrogen functional groups attached to an aromatic ring is 1. The van der Waals surface area contributed by atoms with Crippen molar-refractivity contribution in [1.82, 2.24) is 4.72 Å². The monoisotopic (exact) mass is 315 g/mol. The maximum atomic E-state index is 11.7. The average molecular weight is 315 g/mol. The van der Waals surface area contributed by atoms with E-state index in [4.69, 9.17) is 10.5 Å². The summed E-state index contributed by atoms with van der Waals surface area (Å²) < 4.78 is 31.1. The lowest BCUT2D eigenvalue weighted by Crippen LogP contribution is -2.20. The fourth-order valence-corrected chi connectivity index (χ4v) is 2.54. The van der Waals surface area contributed by atoms with Crippen molar-refractivity contribution in [3.63, 3.8) is 0 Å². The standard InChI is InChI=1S/C14H25N3O3S/c1-11(2)6-8-20-9-7-17-12-4-5-14(13(15)10-12)21(18,19)16-3/h4-5,10-11,16-17H,6-9,15H2,1-3H3. The summed E-state index contributed by atoms with van der Waals surface area (Å²) in [5.74, 6) is 0.638. The first kappa shape index (κ1) is 17.7. The minimum Gasteiger partial charge on any atom is -0.398 e. The third-order valence-corrected chi connectivity index (χ3v) is 4.47. The van der Waals surface area contributed by atoms with Gasteiger partial charge in [-0.25, -0.2) is 13.1 Å². The van der Waals surface area contributed by atoms with Gasteiger partial charge in [0, 0.05) is 18.8 Å². The first-order valence-electron chi connectivity index (χ1n) is 7.01. The van der Waals surface area contributed by atoms with E-state index in [1.165, 1.54) is 13.1 Å². The fourth-order valence-electron chi connectivity index (χ4n) is 1.70. The van der Waals surface area contributed by atoms with Crippen molar-refractivity contribution in [2.24, 2.45) is 5.92 Å². The van der Waals surface area contributed by atoms with Gasteiger partial charge in [-0.05, 0) is 37.6 Å². The van der Waals surface area contributed by atoms with Gasteiger partial charge < -0.3 is 15.8 Å². The van der Waals surface area contributed by atoms with Crippen molar-refractivity contribution in [1.29, 1.82) is 0 Å². The van der Waals surface area contributed by atoms with Crippen LogP contribution in [0.5, 0.6) is 0 Å². The fraction of sp³-hybridized carbons (Fsp3) is 0.571. The summed E-state index contributed by atoms with van der Waals surface area (Å²) in [6, 6.07) is 4.79. The Morgan fingerprint density at radius 3 is 2.57 bits per heavy atom. The molecule has 0 saturated heterocycles. The molecule has 0 amide bonds. The molecule has 0 aliphatic heterocycles. The van der Waals surface area contributed by atoms with Crippen LogP contribution in [-0.2, 0) is 14.8 Å². The molecule has 1 aromatic rings. The molecular formula is C14H25N3O3S. The van der Waals surface area contributed by atoms with Crippen molar-refractivity contribution in [2.75, 3.05) is 37.9 Å². The Morgan fingerprint density at radius 1 is 1.29 bits per heavy atom. The molecule has 6 nitrogen and oxygen atoms in total. The number of nitrogens with two attached hydrogens (primary N) is 1. The summed E-state index contributed by atoms with van der Waals surface area (Å²) >= 11 is 0. The molecule has 120 valence electrons. The minimum atomic E-state index is -3.51. The normalized spacial score (nSPS) is 11.8. The van der Waals surface area contributed by atoms with Crippen LogP contribution in [0.2, 0.25) is 0 Å².